The second kappa shape index (κ2) is 5.71. The second-order valence-corrected chi connectivity index (χ2v) is 4.93. The average Bonchev–Trinajstić information content (AvgIpc) is 2.53. The topological polar surface area (TPSA) is 34.1 Å². The van der Waals surface area contributed by atoms with Crippen LogP contribution in [0.1, 0.15) is 17.5 Å². The summed E-state index contributed by atoms with van der Waals surface area (Å²) >= 11 is 0. The van der Waals surface area contributed by atoms with Crippen molar-refractivity contribution < 1.29 is 9.59 Å². The van der Waals surface area contributed by atoms with E-state index in [1.165, 1.54) is 12.2 Å². The van der Waals surface area contributed by atoms with Crippen LogP contribution in [0.4, 0.5) is 0 Å². The van der Waals surface area contributed by atoms with Gasteiger partial charge in [-0.1, -0.05) is 60.7 Å². The molecule has 2 aromatic rings. The minimum absolute atomic E-state index is 0.0334. The number of hydrogen-bond acceptors (Lipinski definition) is 2. The molecule has 0 saturated carbocycles. The van der Waals surface area contributed by atoms with Crippen molar-refractivity contribution in [1.82, 2.24) is 0 Å². The Morgan fingerprint density at radius 2 is 1.24 bits per heavy atom. The van der Waals surface area contributed by atoms with Crippen LogP contribution in [0.5, 0.6) is 0 Å². The molecule has 21 heavy (non-hydrogen) atoms. The Morgan fingerprint density at radius 1 is 0.714 bits per heavy atom. The van der Waals surface area contributed by atoms with Crippen LogP contribution in [0, 0.1) is 0 Å². The van der Waals surface area contributed by atoms with Gasteiger partial charge in [-0.2, -0.15) is 0 Å². The molecule has 0 bridgehead atoms. The first-order chi connectivity index (χ1) is 10.3. The summed E-state index contributed by atoms with van der Waals surface area (Å²) in [6.45, 7) is 0. The Balaban J connectivity index is 2.25. The fraction of sp³-hybridized carbons (Fsp3) is 0.0526. The van der Waals surface area contributed by atoms with E-state index >= 15 is 0 Å². The minimum atomic E-state index is -0.0858. The van der Waals surface area contributed by atoms with Crippen LogP contribution in [-0.2, 0) is 9.59 Å². The SMILES string of the molecule is O=C1C=CC(=O)C(=C(c2ccccc2)c2ccccc2)C1. The van der Waals surface area contributed by atoms with Crippen LogP contribution in [0.3, 0.4) is 0 Å². The molecule has 3 rings (SSSR count). The molecule has 0 heterocycles. The van der Waals surface area contributed by atoms with Gasteiger partial charge in [0.2, 0.25) is 0 Å². The fourth-order valence-electron chi connectivity index (χ4n) is 2.53. The van der Waals surface area contributed by atoms with E-state index in [0.29, 0.717) is 5.57 Å². The van der Waals surface area contributed by atoms with Gasteiger partial charge in [-0.15, -0.1) is 0 Å². The van der Waals surface area contributed by atoms with E-state index in [-0.39, 0.29) is 18.0 Å². The Hall–Kier alpha value is -2.74. The zero-order valence-electron chi connectivity index (χ0n) is 11.5. The average molecular weight is 274 g/mol. The van der Waals surface area contributed by atoms with Gasteiger partial charge in [0.15, 0.2) is 11.6 Å². The lowest BCUT2D eigenvalue weighted by Gasteiger charge is -2.16. The molecule has 0 radical (unpaired) electrons. The summed E-state index contributed by atoms with van der Waals surface area (Å²) in [5.74, 6) is -0.119. The zero-order valence-corrected chi connectivity index (χ0v) is 11.5. The van der Waals surface area contributed by atoms with Gasteiger partial charge in [-0.05, 0) is 28.9 Å². The molecule has 0 atom stereocenters. The van der Waals surface area contributed by atoms with Crippen LogP contribution in [0.2, 0.25) is 0 Å². The number of carbonyl (C=O) groups is 2. The molecule has 0 unspecified atom stereocenters. The van der Waals surface area contributed by atoms with Gasteiger partial charge in [0.05, 0.1) is 0 Å². The molecular weight excluding hydrogens is 260 g/mol. The third-order valence-electron chi connectivity index (χ3n) is 3.50. The molecule has 0 aromatic heterocycles. The van der Waals surface area contributed by atoms with Crippen LogP contribution in [0.25, 0.3) is 5.57 Å². The van der Waals surface area contributed by atoms with Crippen molar-refractivity contribution in [1.29, 1.82) is 0 Å². The predicted molar refractivity (Wildman–Crippen MR) is 82.7 cm³/mol. The summed E-state index contributed by atoms with van der Waals surface area (Å²) < 4.78 is 0. The highest BCUT2D eigenvalue weighted by Gasteiger charge is 2.21. The molecule has 1 aliphatic carbocycles. The van der Waals surface area contributed by atoms with Gasteiger partial charge in [-0.25, -0.2) is 0 Å². The monoisotopic (exact) mass is 274 g/mol. The number of hydrogen-bond donors (Lipinski definition) is 0. The van der Waals surface area contributed by atoms with Gasteiger partial charge < -0.3 is 0 Å². The number of benzene rings is 2. The molecular formula is C19H14O2. The minimum Gasteiger partial charge on any atom is -0.294 e. The normalized spacial score (nSPS) is 14.4. The molecule has 0 amide bonds. The van der Waals surface area contributed by atoms with Gasteiger partial charge >= 0.3 is 0 Å². The van der Waals surface area contributed by atoms with Crippen LogP contribution in [0.15, 0.2) is 78.4 Å². The van der Waals surface area contributed by atoms with Crippen molar-refractivity contribution in [2.24, 2.45) is 0 Å². The van der Waals surface area contributed by atoms with Gasteiger partial charge in [0, 0.05) is 12.0 Å². The zero-order chi connectivity index (χ0) is 14.7. The second-order valence-electron chi connectivity index (χ2n) is 4.93. The van der Waals surface area contributed by atoms with Crippen LogP contribution >= 0.6 is 0 Å². The maximum absolute atomic E-state index is 12.2. The van der Waals surface area contributed by atoms with Crippen molar-refractivity contribution in [2.75, 3.05) is 0 Å². The summed E-state index contributed by atoms with van der Waals surface area (Å²) in [4.78, 5) is 23.9. The first kappa shape index (κ1) is 13.3. The van der Waals surface area contributed by atoms with Crippen molar-refractivity contribution in [3.05, 3.63) is 89.5 Å². The third kappa shape index (κ3) is 2.75. The third-order valence-corrected chi connectivity index (χ3v) is 3.50. The lowest BCUT2D eigenvalue weighted by Crippen LogP contribution is -2.13. The smallest absolute Gasteiger partial charge is 0.183 e. The van der Waals surface area contributed by atoms with Crippen LogP contribution in [-0.4, -0.2) is 11.6 Å². The maximum atomic E-state index is 12.2. The molecule has 0 fully saturated rings. The summed E-state index contributed by atoms with van der Waals surface area (Å²) in [7, 11) is 0. The quantitative estimate of drug-likeness (QED) is 0.784. The summed E-state index contributed by atoms with van der Waals surface area (Å²) in [6.07, 6.45) is 2.89. The molecule has 1 aliphatic rings. The van der Waals surface area contributed by atoms with Crippen molar-refractivity contribution >= 4 is 17.1 Å². The number of rotatable bonds is 2. The van der Waals surface area contributed by atoms with Crippen molar-refractivity contribution in [3.8, 4) is 0 Å². The fourth-order valence-corrected chi connectivity index (χ4v) is 2.53. The van der Waals surface area contributed by atoms with E-state index in [1.54, 1.807) is 0 Å². The Bertz CT molecular complexity index is 696. The van der Waals surface area contributed by atoms with Crippen molar-refractivity contribution in [2.45, 2.75) is 6.42 Å². The van der Waals surface area contributed by atoms with Gasteiger partial charge in [0.1, 0.15) is 0 Å². The number of ketones is 2. The molecule has 0 N–H and O–H groups in total. The van der Waals surface area contributed by atoms with E-state index in [0.717, 1.165) is 16.7 Å². The number of allylic oxidation sites excluding steroid dienone is 3. The summed E-state index contributed by atoms with van der Waals surface area (Å²) in [6, 6.07) is 19.5. The number of carbonyl (C=O) groups excluding carboxylic acids is 2. The highest BCUT2D eigenvalue weighted by Crippen LogP contribution is 2.30. The highest BCUT2D eigenvalue weighted by atomic mass is 16.1. The van der Waals surface area contributed by atoms with E-state index in [1.807, 2.05) is 60.7 Å². The Morgan fingerprint density at radius 3 is 1.76 bits per heavy atom. The largest absolute Gasteiger partial charge is 0.294 e. The molecule has 2 heteroatoms. The van der Waals surface area contributed by atoms with Crippen LogP contribution < -0.4 is 0 Å². The Labute approximate surface area is 123 Å². The standard InChI is InChI=1S/C19H14O2/c20-16-11-12-18(21)17(13-16)19(14-7-3-1-4-8-14)15-9-5-2-6-10-15/h1-12H,13H2. The molecule has 2 nitrogen and oxygen atoms in total. The first-order valence-electron chi connectivity index (χ1n) is 6.85. The van der Waals surface area contributed by atoms with Gasteiger partial charge in [0.25, 0.3) is 0 Å². The molecule has 102 valence electrons. The van der Waals surface area contributed by atoms with E-state index in [9.17, 15) is 9.59 Å². The van der Waals surface area contributed by atoms with E-state index in [4.69, 9.17) is 0 Å². The lowest BCUT2D eigenvalue weighted by molar-refractivity contribution is -0.118. The van der Waals surface area contributed by atoms with Gasteiger partial charge in [-0.3, -0.25) is 9.59 Å². The van der Waals surface area contributed by atoms with Crippen molar-refractivity contribution in [3.63, 3.8) is 0 Å². The molecule has 0 spiro atoms. The summed E-state index contributed by atoms with van der Waals surface area (Å²) in [5.41, 5.74) is 3.32. The van der Waals surface area contributed by atoms with E-state index in [2.05, 4.69) is 0 Å². The molecule has 0 aliphatic heterocycles. The first-order valence-corrected chi connectivity index (χ1v) is 6.85. The highest BCUT2D eigenvalue weighted by molar-refractivity contribution is 6.19. The summed E-state index contributed by atoms with van der Waals surface area (Å²) in [5, 5.41) is 0. The maximum Gasteiger partial charge on any atom is 0.183 e. The van der Waals surface area contributed by atoms with E-state index < -0.39 is 0 Å². The Kier molecular flexibility index (Phi) is 3.61. The molecule has 2 aromatic carbocycles. The predicted octanol–water partition coefficient (Wildman–Crippen LogP) is 3.59. The molecule has 0 saturated heterocycles. The lowest BCUT2D eigenvalue weighted by atomic mass is 9.86.